The molecule has 1 spiro atoms. The van der Waals surface area contributed by atoms with Crippen LogP contribution in [0.25, 0.3) is 0 Å². The highest BCUT2D eigenvalue weighted by Gasteiger charge is 2.57. The third-order valence-corrected chi connectivity index (χ3v) is 2.82. The lowest BCUT2D eigenvalue weighted by atomic mass is 9.80. The summed E-state index contributed by atoms with van der Waals surface area (Å²) in [4.78, 5) is 10.3. The Bertz CT molecular complexity index is 158. The van der Waals surface area contributed by atoms with Crippen molar-refractivity contribution in [3.63, 3.8) is 0 Å². The molecule has 2 saturated carbocycles. The van der Waals surface area contributed by atoms with Gasteiger partial charge in [0.15, 0.2) is 0 Å². The van der Waals surface area contributed by atoms with Gasteiger partial charge in [0.25, 0.3) is 0 Å². The first-order valence-corrected chi connectivity index (χ1v) is 3.45. The second-order valence-electron chi connectivity index (χ2n) is 3.29. The smallest absolute Gasteiger partial charge is 0.0451 e. The van der Waals surface area contributed by atoms with Crippen LogP contribution in [-0.4, -0.2) is 5.97 Å². The third kappa shape index (κ3) is 0.533. The second kappa shape index (κ2) is 1.31. The first-order chi connectivity index (χ1) is 4.25. The molecule has 2 rings (SSSR count). The maximum Gasteiger partial charge on any atom is 0.0451 e. The molecule has 0 aromatic carbocycles. The van der Waals surface area contributed by atoms with Crippen LogP contribution in [0.3, 0.4) is 0 Å². The van der Waals surface area contributed by atoms with Gasteiger partial charge in [0, 0.05) is 11.9 Å². The van der Waals surface area contributed by atoms with Gasteiger partial charge in [-0.05, 0) is 24.7 Å². The predicted octanol–water partition coefficient (Wildman–Crippen LogP) is -0.0735. The van der Waals surface area contributed by atoms with E-state index in [0.29, 0.717) is 0 Å². The summed E-state index contributed by atoms with van der Waals surface area (Å²) in [6.07, 6.45) is 4.39. The lowest BCUT2D eigenvalue weighted by Gasteiger charge is -2.26. The molecule has 0 aliphatic heterocycles. The highest BCUT2D eigenvalue weighted by Crippen LogP contribution is 2.65. The van der Waals surface area contributed by atoms with Crippen LogP contribution < -0.4 is 5.11 Å². The van der Waals surface area contributed by atoms with Crippen molar-refractivity contribution in [2.75, 3.05) is 0 Å². The fourth-order valence-corrected chi connectivity index (χ4v) is 1.86. The largest absolute Gasteiger partial charge is 0.550 e. The van der Waals surface area contributed by atoms with Gasteiger partial charge in [0.05, 0.1) is 0 Å². The maximum absolute atomic E-state index is 10.3. The summed E-state index contributed by atoms with van der Waals surface area (Å²) in [6.45, 7) is 0. The first kappa shape index (κ1) is 5.27. The fraction of sp³-hybridized carbons (Fsp3) is 0.857. The molecule has 2 aliphatic rings. The Labute approximate surface area is 53.9 Å². The van der Waals surface area contributed by atoms with E-state index in [2.05, 4.69) is 0 Å². The van der Waals surface area contributed by atoms with Crippen molar-refractivity contribution in [3.8, 4) is 0 Å². The van der Waals surface area contributed by atoms with E-state index >= 15 is 0 Å². The SMILES string of the molecule is O=C([O-])[C@H]1CC12CCC2. The zero-order valence-electron chi connectivity index (χ0n) is 5.22. The number of rotatable bonds is 1. The molecule has 0 radical (unpaired) electrons. The van der Waals surface area contributed by atoms with Gasteiger partial charge < -0.3 is 9.90 Å². The lowest BCUT2D eigenvalue weighted by molar-refractivity contribution is -0.309. The summed E-state index contributed by atoms with van der Waals surface area (Å²) in [5.74, 6) is -0.902. The van der Waals surface area contributed by atoms with Gasteiger partial charge in [-0.2, -0.15) is 0 Å². The number of carbonyl (C=O) groups excluding carboxylic acids is 1. The molecular formula is C7H9O2-. The number of hydrogen-bond donors (Lipinski definition) is 0. The molecule has 9 heavy (non-hydrogen) atoms. The quantitative estimate of drug-likeness (QED) is 0.492. The molecule has 0 aromatic heterocycles. The maximum atomic E-state index is 10.3. The van der Waals surface area contributed by atoms with E-state index in [1.165, 1.54) is 6.42 Å². The predicted molar refractivity (Wildman–Crippen MR) is 29.4 cm³/mol. The molecule has 0 saturated heterocycles. The van der Waals surface area contributed by atoms with E-state index in [4.69, 9.17) is 0 Å². The van der Waals surface area contributed by atoms with Crippen molar-refractivity contribution in [3.05, 3.63) is 0 Å². The van der Waals surface area contributed by atoms with Gasteiger partial charge in [-0.1, -0.05) is 6.42 Å². The zero-order valence-corrected chi connectivity index (χ0v) is 5.22. The van der Waals surface area contributed by atoms with Crippen LogP contribution >= 0.6 is 0 Å². The minimum absolute atomic E-state index is 0.0775. The molecule has 0 aromatic rings. The molecule has 0 unspecified atom stereocenters. The van der Waals surface area contributed by atoms with E-state index in [1.54, 1.807) is 0 Å². The van der Waals surface area contributed by atoms with Gasteiger partial charge in [0.2, 0.25) is 0 Å². The standard InChI is InChI=1S/C7H10O2/c8-6(9)5-4-7(5)2-1-3-7/h5H,1-4H2,(H,8,9)/p-1/t5-/m1/s1. The fourth-order valence-electron chi connectivity index (χ4n) is 1.86. The van der Waals surface area contributed by atoms with E-state index in [9.17, 15) is 9.90 Å². The Balaban J connectivity index is 2.01. The molecule has 1 atom stereocenters. The number of hydrogen-bond acceptors (Lipinski definition) is 2. The molecule has 2 aliphatic carbocycles. The minimum Gasteiger partial charge on any atom is -0.550 e. The van der Waals surface area contributed by atoms with Crippen molar-refractivity contribution in [2.45, 2.75) is 25.7 Å². The highest BCUT2D eigenvalue weighted by molar-refractivity contribution is 5.73. The van der Waals surface area contributed by atoms with Crippen molar-refractivity contribution in [1.82, 2.24) is 0 Å². The summed E-state index contributed by atoms with van der Waals surface area (Å²) in [5.41, 5.74) is 0.249. The van der Waals surface area contributed by atoms with Crippen molar-refractivity contribution in [2.24, 2.45) is 11.3 Å². The van der Waals surface area contributed by atoms with Crippen LogP contribution in [0.15, 0.2) is 0 Å². The Morgan fingerprint density at radius 2 is 2.22 bits per heavy atom. The Kier molecular flexibility index (Phi) is 0.765. The minimum atomic E-state index is -0.824. The number of carboxylic acid groups (broad SMARTS) is 1. The van der Waals surface area contributed by atoms with Gasteiger partial charge >= 0.3 is 0 Å². The summed E-state index contributed by atoms with van der Waals surface area (Å²) >= 11 is 0. The Morgan fingerprint density at radius 1 is 1.56 bits per heavy atom. The molecule has 2 nitrogen and oxygen atoms in total. The van der Waals surface area contributed by atoms with E-state index < -0.39 is 5.97 Å². The zero-order chi connectivity index (χ0) is 6.48. The Morgan fingerprint density at radius 3 is 2.33 bits per heavy atom. The normalized spacial score (nSPS) is 35.8. The van der Waals surface area contributed by atoms with Gasteiger partial charge in [-0.25, -0.2) is 0 Å². The van der Waals surface area contributed by atoms with Crippen molar-refractivity contribution >= 4 is 5.97 Å². The second-order valence-corrected chi connectivity index (χ2v) is 3.29. The average molecular weight is 125 g/mol. The van der Waals surface area contributed by atoms with Gasteiger partial charge in [-0.3, -0.25) is 0 Å². The van der Waals surface area contributed by atoms with Crippen LogP contribution in [-0.2, 0) is 4.79 Å². The van der Waals surface area contributed by atoms with Gasteiger partial charge in [-0.15, -0.1) is 0 Å². The van der Waals surface area contributed by atoms with Crippen LogP contribution in [0.1, 0.15) is 25.7 Å². The van der Waals surface area contributed by atoms with Crippen LogP contribution in [0.4, 0.5) is 0 Å². The lowest BCUT2D eigenvalue weighted by Crippen LogP contribution is -2.29. The summed E-state index contributed by atoms with van der Waals surface area (Å²) < 4.78 is 0. The molecule has 2 heteroatoms. The molecular weight excluding hydrogens is 116 g/mol. The number of aliphatic carboxylic acids is 1. The van der Waals surface area contributed by atoms with E-state index in [0.717, 1.165) is 19.3 Å². The monoisotopic (exact) mass is 125 g/mol. The molecule has 0 bridgehead atoms. The molecule has 50 valence electrons. The molecule has 0 amide bonds. The molecule has 0 N–H and O–H groups in total. The molecule has 2 fully saturated rings. The van der Waals surface area contributed by atoms with E-state index in [1.807, 2.05) is 0 Å². The number of carboxylic acids is 1. The highest BCUT2D eigenvalue weighted by atomic mass is 16.4. The third-order valence-electron chi connectivity index (χ3n) is 2.82. The van der Waals surface area contributed by atoms with E-state index in [-0.39, 0.29) is 11.3 Å². The number of carbonyl (C=O) groups is 1. The van der Waals surface area contributed by atoms with Gasteiger partial charge in [0.1, 0.15) is 0 Å². The molecule has 0 heterocycles. The summed E-state index contributed by atoms with van der Waals surface area (Å²) in [6, 6.07) is 0. The van der Waals surface area contributed by atoms with Crippen molar-refractivity contribution in [1.29, 1.82) is 0 Å². The van der Waals surface area contributed by atoms with Crippen LogP contribution in [0.2, 0.25) is 0 Å². The topological polar surface area (TPSA) is 40.1 Å². The van der Waals surface area contributed by atoms with Crippen LogP contribution in [0, 0.1) is 11.3 Å². The summed E-state index contributed by atoms with van der Waals surface area (Å²) in [7, 11) is 0. The Hall–Kier alpha value is -0.530. The summed E-state index contributed by atoms with van der Waals surface area (Å²) in [5, 5.41) is 10.3. The average Bonchev–Trinajstić information content (AvgIpc) is 2.34. The van der Waals surface area contributed by atoms with Crippen molar-refractivity contribution < 1.29 is 9.90 Å². The van der Waals surface area contributed by atoms with Crippen LogP contribution in [0.5, 0.6) is 0 Å². The first-order valence-electron chi connectivity index (χ1n) is 3.45.